The second kappa shape index (κ2) is 11.0. The fourth-order valence-electron chi connectivity index (χ4n) is 5.03. The maximum Gasteiger partial charge on any atom is 0.174 e. The molecular formula is C29H29ClN4O3S. The fourth-order valence-corrected chi connectivity index (χ4v) is 5.60. The van der Waals surface area contributed by atoms with E-state index < -0.39 is 0 Å². The van der Waals surface area contributed by atoms with Crippen molar-refractivity contribution in [3.63, 3.8) is 0 Å². The van der Waals surface area contributed by atoms with Crippen LogP contribution in [0.15, 0.2) is 72.9 Å². The molecule has 0 radical (unpaired) electrons. The summed E-state index contributed by atoms with van der Waals surface area (Å²) in [6.45, 7) is 5.06. The van der Waals surface area contributed by atoms with Gasteiger partial charge in [-0.25, -0.2) is 0 Å². The summed E-state index contributed by atoms with van der Waals surface area (Å²) in [6.07, 6.45) is 1.79. The predicted octanol–water partition coefficient (Wildman–Crippen LogP) is 6.05. The first-order valence-electron chi connectivity index (χ1n) is 12.3. The first-order chi connectivity index (χ1) is 18.4. The number of thiocarbonyl (C=S) groups is 1. The highest BCUT2D eigenvalue weighted by Gasteiger charge is 2.42. The van der Waals surface area contributed by atoms with Crippen LogP contribution in [0.3, 0.4) is 0 Å². The van der Waals surface area contributed by atoms with E-state index in [1.807, 2.05) is 48.5 Å². The number of nitrogens with zero attached hydrogens (tertiary/aromatic N) is 3. The van der Waals surface area contributed by atoms with Gasteiger partial charge >= 0.3 is 0 Å². The molecule has 7 nitrogen and oxygen atoms in total. The van der Waals surface area contributed by atoms with Crippen LogP contribution in [0.25, 0.3) is 5.69 Å². The average molecular weight is 549 g/mol. The third kappa shape index (κ3) is 4.95. The zero-order valence-corrected chi connectivity index (χ0v) is 23.0. The molecule has 0 spiro atoms. The Kier molecular flexibility index (Phi) is 7.56. The Morgan fingerprint density at radius 2 is 1.79 bits per heavy atom. The minimum Gasteiger partial charge on any atom is -0.508 e. The number of phenols is 1. The average Bonchev–Trinajstić information content (AvgIpc) is 3.41. The van der Waals surface area contributed by atoms with Crippen LogP contribution in [-0.2, 0) is 4.74 Å². The van der Waals surface area contributed by atoms with Crippen molar-refractivity contribution in [1.29, 1.82) is 0 Å². The van der Waals surface area contributed by atoms with Crippen molar-refractivity contribution in [1.82, 2.24) is 14.9 Å². The first kappa shape index (κ1) is 26.0. The zero-order valence-electron chi connectivity index (χ0n) is 21.4. The van der Waals surface area contributed by atoms with Gasteiger partial charge < -0.3 is 29.4 Å². The number of benzene rings is 2. The summed E-state index contributed by atoms with van der Waals surface area (Å²) in [4.78, 5) is 6.76. The van der Waals surface area contributed by atoms with Crippen molar-refractivity contribution in [2.24, 2.45) is 0 Å². The summed E-state index contributed by atoms with van der Waals surface area (Å²) in [5.41, 5.74) is 5.96. The number of halogens is 1. The van der Waals surface area contributed by atoms with E-state index >= 15 is 0 Å². The van der Waals surface area contributed by atoms with Crippen LogP contribution in [0, 0.1) is 13.8 Å². The lowest BCUT2D eigenvalue weighted by Crippen LogP contribution is -2.29. The second-order valence-corrected chi connectivity index (χ2v) is 9.92. The molecule has 2 N–H and O–H groups in total. The number of hydrogen-bond donors (Lipinski definition) is 2. The van der Waals surface area contributed by atoms with Crippen LogP contribution in [0.2, 0.25) is 5.02 Å². The number of aryl methyl sites for hydroxylation is 1. The molecule has 1 aliphatic rings. The maximum absolute atomic E-state index is 9.80. The van der Waals surface area contributed by atoms with Crippen molar-refractivity contribution >= 4 is 34.6 Å². The third-order valence-electron chi connectivity index (χ3n) is 6.73. The van der Waals surface area contributed by atoms with Gasteiger partial charge in [0.05, 0.1) is 29.4 Å². The second-order valence-electron chi connectivity index (χ2n) is 9.13. The Morgan fingerprint density at radius 3 is 2.47 bits per heavy atom. The SMILES string of the molecule is COCCOc1ccc(N2C(=S)N[C@H](c3ccccn3)[C@@H]2c2cc(C)n(-c3ccc(O)cc3)c2C)cc1Cl. The molecule has 0 aliphatic carbocycles. The van der Waals surface area contributed by atoms with Crippen molar-refractivity contribution in [3.8, 4) is 17.2 Å². The van der Waals surface area contributed by atoms with E-state index in [4.69, 9.17) is 33.3 Å². The van der Waals surface area contributed by atoms with Crippen LogP contribution in [0.4, 0.5) is 5.69 Å². The van der Waals surface area contributed by atoms with Crippen molar-refractivity contribution in [3.05, 3.63) is 101 Å². The van der Waals surface area contributed by atoms with Crippen LogP contribution >= 0.6 is 23.8 Å². The molecule has 0 saturated carbocycles. The fraction of sp³-hybridized carbons (Fsp3) is 0.241. The molecule has 5 rings (SSSR count). The summed E-state index contributed by atoms with van der Waals surface area (Å²) < 4.78 is 13.0. The lowest BCUT2D eigenvalue weighted by atomic mass is 9.96. The Bertz CT molecular complexity index is 1440. The normalized spacial score (nSPS) is 17.1. The number of hydrogen-bond acceptors (Lipinski definition) is 5. The highest BCUT2D eigenvalue weighted by molar-refractivity contribution is 7.80. The molecular weight excluding hydrogens is 520 g/mol. The van der Waals surface area contributed by atoms with Gasteiger partial charge in [0.15, 0.2) is 5.11 Å². The van der Waals surface area contributed by atoms with E-state index in [1.54, 1.807) is 25.4 Å². The van der Waals surface area contributed by atoms with Crippen LogP contribution < -0.4 is 15.0 Å². The first-order valence-corrected chi connectivity index (χ1v) is 13.1. The largest absolute Gasteiger partial charge is 0.508 e. The van der Waals surface area contributed by atoms with Gasteiger partial charge in [-0.15, -0.1) is 0 Å². The topological polar surface area (TPSA) is 71.8 Å². The third-order valence-corrected chi connectivity index (χ3v) is 7.34. The standard InChI is InChI=1S/C29H29ClN4O3S/c1-18-16-23(19(2)33(18)20-7-10-22(35)11-8-20)28-27(25-6-4-5-13-31-25)32-29(38)34(28)21-9-12-26(24(30)17-21)37-15-14-36-3/h4-13,16-17,27-28,35H,14-15H2,1-3H3,(H,32,38)/t27-,28+/m1/s1. The summed E-state index contributed by atoms with van der Waals surface area (Å²) >= 11 is 12.5. The van der Waals surface area contributed by atoms with Crippen LogP contribution in [0.5, 0.6) is 11.5 Å². The molecule has 9 heteroatoms. The van der Waals surface area contributed by atoms with Crippen LogP contribution in [0.1, 0.15) is 34.7 Å². The molecule has 0 amide bonds. The van der Waals surface area contributed by atoms with E-state index in [2.05, 4.69) is 39.7 Å². The van der Waals surface area contributed by atoms with Crippen LogP contribution in [-0.4, -0.2) is 40.1 Å². The number of phenolic OH excluding ortho intramolecular Hbond substituents is 1. The molecule has 1 aliphatic heterocycles. The molecule has 0 unspecified atom stereocenters. The number of ether oxygens (including phenoxy) is 2. The molecule has 38 heavy (non-hydrogen) atoms. The minimum absolute atomic E-state index is 0.186. The van der Waals surface area contributed by atoms with Gasteiger partial charge in [-0.05, 0) is 92.3 Å². The molecule has 2 aromatic carbocycles. The highest BCUT2D eigenvalue weighted by Crippen LogP contribution is 2.45. The molecule has 196 valence electrons. The molecule has 3 heterocycles. The minimum atomic E-state index is -0.189. The highest BCUT2D eigenvalue weighted by atomic mass is 35.5. The quantitative estimate of drug-likeness (QED) is 0.205. The van der Waals surface area contributed by atoms with Crippen molar-refractivity contribution < 1.29 is 14.6 Å². The number of rotatable bonds is 8. The Labute approximate surface area is 232 Å². The van der Waals surface area contributed by atoms with E-state index in [-0.39, 0.29) is 17.8 Å². The van der Waals surface area contributed by atoms with Gasteiger partial charge in [-0.1, -0.05) is 17.7 Å². The monoisotopic (exact) mass is 548 g/mol. The van der Waals surface area contributed by atoms with Gasteiger partial charge in [0, 0.05) is 36.1 Å². The van der Waals surface area contributed by atoms with Gasteiger partial charge in [0.1, 0.15) is 18.1 Å². The Balaban J connectivity index is 1.60. The van der Waals surface area contributed by atoms with Gasteiger partial charge in [-0.3, -0.25) is 4.98 Å². The number of methoxy groups -OCH3 is 1. The van der Waals surface area contributed by atoms with Crippen molar-refractivity contribution in [2.75, 3.05) is 25.2 Å². The van der Waals surface area contributed by atoms with E-state index in [1.165, 1.54) is 0 Å². The van der Waals surface area contributed by atoms with Crippen molar-refractivity contribution in [2.45, 2.75) is 25.9 Å². The van der Waals surface area contributed by atoms with Gasteiger partial charge in [0.2, 0.25) is 0 Å². The number of anilines is 1. The summed E-state index contributed by atoms with van der Waals surface area (Å²) in [5, 5.41) is 14.4. The van der Waals surface area contributed by atoms with E-state index in [0.29, 0.717) is 29.1 Å². The smallest absolute Gasteiger partial charge is 0.174 e. The Hall–Kier alpha value is -3.59. The number of pyridine rings is 1. The Morgan fingerprint density at radius 1 is 1.03 bits per heavy atom. The number of aromatic nitrogens is 2. The molecule has 1 saturated heterocycles. The maximum atomic E-state index is 9.80. The molecule has 2 aromatic heterocycles. The molecule has 1 fully saturated rings. The predicted molar refractivity (Wildman–Crippen MR) is 154 cm³/mol. The molecule has 0 bridgehead atoms. The van der Waals surface area contributed by atoms with Gasteiger partial charge in [-0.2, -0.15) is 0 Å². The lowest BCUT2D eigenvalue weighted by molar-refractivity contribution is 0.146. The summed E-state index contributed by atoms with van der Waals surface area (Å²) in [7, 11) is 1.63. The molecule has 2 atom stereocenters. The molecule has 4 aromatic rings. The number of aromatic hydroxyl groups is 1. The zero-order chi connectivity index (χ0) is 26.8. The lowest BCUT2D eigenvalue weighted by Gasteiger charge is -2.28. The number of nitrogens with one attached hydrogen (secondary N) is 1. The summed E-state index contributed by atoms with van der Waals surface area (Å²) in [6, 6.07) is 20.6. The van der Waals surface area contributed by atoms with E-state index in [0.717, 1.165) is 34.0 Å². The summed E-state index contributed by atoms with van der Waals surface area (Å²) in [5.74, 6) is 0.823. The van der Waals surface area contributed by atoms with E-state index in [9.17, 15) is 5.11 Å². The van der Waals surface area contributed by atoms with Gasteiger partial charge in [0.25, 0.3) is 0 Å².